The summed E-state index contributed by atoms with van der Waals surface area (Å²) in [7, 11) is -2.27. The monoisotopic (exact) mass is 597 g/mol. The molecule has 0 bridgehead atoms. The van der Waals surface area contributed by atoms with Crippen LogP contribution in [0.25, 0.3) is 11.1 Å². The molecule has 0 radical (unpaired) electrons. The molecule has 0 aliphatic carbocycles. The van der Waals surface area contributed by atoms with Gasteiger partial charge in [0.25, 0.3) is 5.91 Å². The van der Waals surface area contributed by atoms with Crippen molar-refractivity contribution in [1.29, 1.82) is 0 Å². The van der Waals surface area contributed by atoms with E-state index in [-0.39, 0.29) is 10.9 Å². The average molecular weight is 599 g/mol. The summed E-state index contributed by atoms with van der Waals surface area (Å²) in [5.41, 5.74) is 4.82. The van der Waals surface area contributed by atoms with Crippen molar-refractivity contribution in [3.63, 3.8) is 0 Å². The van der Waals surface area contributed by atoms with Crippen LogP contribution in [0, 0.1) is 0 Å². The Balaban J connectivity index is 1.43. The highest BCUT2D eigenvalue weighted by atomic mass is 79.9. The van der Waals surface area contributed by atoms with Crippen molar-refractivity contribution in [2.75, 3.05) is 13.1 Å². The lowest BCUT2D eigenvalue weighted by Gasteiger charge is -2.36. The zero-order chi connectivity index (χ0) is 27.7. The first-order valence-corrected chi connectivity index (χ1v) is 17.2. The van der Waals surface area contributed by atoms with Gasteiger partial charge in [0.2, 0.25) is 0 Å². The summed E-state index contributed by atoms with van der Waals surface area (Å²) >= 11 is 3.60. The van der Waals surface area contributed by atoms with Crippen molar-refractivity contribution >= 4 is 30.2 Å². The molecule has 8 heteroatoms. The average Bonchev–Trinajstić information content (AvgIpc) is 3.20. The summed E-state index contributed by atoms with van der Waals surface area (Å²) in [6, 6.07) is 16.4. The lowest BCUT2D eigenvalue weighted by molar-refractivity contribution is 0.0693. The van der Waals surface area contributed by atoms with Crippen LogP contribution in [0.4, 0.5) is 0 Å². The van der Waals surface area contributed by atoms with Crippen molar-refractivity contribution in [1.82, 2.24) is 14.7 Å². The van der Waals surface area contributed by atoms with Crippen LogP contribution in [-0.2, 0) is 13.2 Å². The Labute approximate surface area is 236 Å². The number of aromatic nitrogens is 2. The van der Waals surface area contributed by atoms with Gasteiger partial charge in [-0.15, -0.1) is 0 Å². The molecule has 3 aromatic rings. The van der Waals surface area contributed by atoms with Crippen molar-refractivity contribution in [3.8, 4) is 16.9 Å². The Morgan fingerprint density at radius 3 is 2.34 bits per heavy atom. The summed E-state index contributed by atoms with van der Waals surface area (Å²) < 4.78 is 8.51. The van der Waals surface area contributed by atoms with Crippen molar-refractivity contribution in [2.45, 2.75) is 77.7 Å². The highest BCUT2D eigenvalue weighted by Gasteiger charge is 2.38. The molecule has 38 heavy (non-hydrogen) atoms. The maximum atomic E-state index is 13.5. The van der Waals surface area contributed by atoms with Gasteiger partial charge in [0, 0.05) is 18.7 Å². The number of hydrogen-bond acceptors (Lipinski definition) is 4. The van der Waals surface area contributed by atoms with Crippen LogP contribution < -0.4 is 4.74 Å². The van der Waals surface area contributed by atoms with E-state index in [1.165, 1.54) is 5.56 Å². The molecular weight excluding hydrogens is 558 g/mol. The van der Waals surface area contributed by atoms with Crippen LogP contribution in [0.1, 0.15) is 68.1 Å². The second kappa shape index (κ2) is 11.4. The van der Waals surface area contributed by atoms with Crippen molar-refractivity contribution in [2.24, 2.45) is 0 Å². The van der Waals surface area contributed by atoms with E-state index in [1.807, 2.05) is 46.9 Å². The molecule has 204 valence electrons. The van der Waals surface area contributed by atoms with Crippen LogP contribution in [0.15, 0.2) is 53.1 Å². The number of hydrogen-bond donors (Lipinski definition) is 1. The Morgan fingerprint density at radius 2 is 1.74 bits per heavy atom. The minimum absolute atomic E-state index is 0.00734. The van der Waals surface area contributed by atoms with E-state index < -0.39 is 8.32 Å². The molecule has 0 spiro atoms. The molecule has 0 fully saturated rings. The van der Waals surface area contributed by atoms with E-state index in [1.54, 1.807) is 0 Å². The van der Waals surface area contributed by atoms with Crippen LogP contribution in [0.5, 0.6) is 5.75 Å². The molecule has 0 atom stereocenters. The van der Waals surface area contributed by atoms with E-state index in [9.17, 15) is 9.59 Å². The third kappa shape index (κ3) is 6.24. The smallest absolute Gasteiger partial charge is 0.272 e. The fourth-order valence-corrected chi connectivity index (χ4v) is 6.05. The van der Waals surface area contributed by atoms with Crippen LogP contribution in [-0.4, -0.2) is 46.8 Å². The highest BCUT2D eigenvalue weighted by Crippen LogP contribution is 2.40. The number of ether oxygens (including phenoxy) is 1. The predicted octanol–water partition coefficient (Wildman–Crippen LogP) is 7.23. The third-order valence-corrected chi connectivity index (χ3v) is 12.2. The SMILES string of the molecule is CC(C)c1ccc(COc2ccc(-c3c(Br)nn4c3C(=O)N(CCCC(C)(C)[Si](C)(C)O)CC4)cc2)cc1. The minimum atomic E-state index is -2.27. The Kier molecular flexibility index (Phi) is 8.55. The molecule has 0 saturated carbocycles. The van der Waals surface area contributed by atoms with Gasteiger partial charge in [-0.25, -0.2) is 0 Å². The molecule has 0 unspecified atom stereocenters. The fourth-order valence-electron chi connectivity index (χ4n) is 4.65. The number of halogens is 1. The Hall–Kier alpha value is -2.42. The van der Waals surface area contributed by atoms with Crippen molar-refractivity contribution < 1.29 is 14.3 Å². The minimum Gasteiger partial charge on any atom is -0.489 e. The van der Waals surface area contributed by atoms with Crippen LogP contribution in [0.3, 0.4) is 0 Å². The number of carbonyl (C=O) groups is 1. The Bertz CT molecular complexity index is 1260. The number of fused-ring (bicyclic) bond motifs is 1. The summed E-state index contributed by atoms with van der Waals surface area (Å²) in [4.78, 5) is 26.1. The normalized spacial score (nSPS) is 14.2. The van der Waals surface area contributed by atoms with Gasteiger partial charge in [0.15, 0.2) is 8.32 Å². The van der Waals surface area contributed by atoms with Crippen LogP contribution in [0.2, 0.25) is 18.1 Å². The van der Waals surface area contributed by atoms with Crippen molar-refractivity contribution in [3.05, 3.63) is 70.0 Å². The Morgan fingerprint density at radius 1 is 1.08 bits per heavy atom. The molecule has 1 aliphatic rings. The number of amides is 1. The first kappa shape index (κ1) is 28.6. The summed E-state index contributed by atoms with van der Waals surface area (Å²) in [6.45, 7) is 15.1. The molecule has 1 aromatic heterocycles. The zero-order valence-corrected chi connectivity index (χ0v) is 26.0. The molecule has 0 saturated heterocycles. The van der Waals surface area contributed by atoms with E-state index in [0.717, 1.165) is 35.3 Å². The standard InChI is InChI=1S/C30H40BrN3O3Si/c1-21(2)23-10-8-22(9-11-23)20-37-25-14-12-24(13-15-25)26-27-29(35)33(18-19-34(27)32-28(26)31)17-7-16-30(3,4)38(5,6)36/h8-15,21,36H,7,16-20H2,1-6H3. The molecule has 1 aliphatic heterocycles. The first-order chi connectivity index (χ1) is 17.9. The van der Waals surface area contributed by atoms with Gasteiger partial charge in [-0.3, -0.25) is 9.48 Å². The lowest BCUT2D eigenvalue weighted by Crippen LogP contribution is -2.42. The highest BCUT2D eigenvalue weighted by molar-refractivity contribution is 9.10. The molecule has 2 heterocycles. The number of rotatable bonds is 10. The van der Waals surface area contributed by atoms with E-state index >= 15 is 0 Å². The molecule has 4 rings (SSSR count). The van der Waals surface area contributed by atoms with E-state index in [2.05, 4.69) is 73.0 Å². The third-order valence-electron chi connectivity index (χ3n) is 8.06. The molecule has 2 aromatic carbocycles. The van der Waals surface area contributed by atoms with Gasteiger partial charge in [-0.2, -0.15) is 5.10 Å². The van der Waals surface area contributed by atoms with Crippen LogP contribution >= 0.6 is 15.9 Å². The number of nitrogens with zero attached hydrogens (tertiary/aromatic N) is 3. The molecule has 1 N–H and O–H groups in total. The molecule has 6 nitrogen and oxygen atoms in total. The quantitative estimate of drug-likeness (QED) is 0.250. The van der Waals surface area contributed by atoms with Gasteiger partial charge >= 0.3 is 0 Å². The topological polar surface area (TPSA) is 67.6 Å². The van der Waals surface area contributed by atoms with E-state index in [4.69, 9.17) is 4.74 Å². The molecular formula is C30H40BrN3O3Si. The summed E-state index contributed by atoms with van der Waals surface area (Å²) in [5.74, 6) is 1.30. The van der Waals surface area contributed by atoms with Gasteiger partial charge < -0.3 is 14.4 Å². The maximum absolute atomic E-state index is 13.5. The summed E-state index contributed by atoms with van der Waals surface area (Å²) in [6.07, 6.45) is 1.76. The van der Waals surface area contributed by atoms with E-state index in [0.29, 0.717) is 42.5 Å². The molecule has 1 amide bonds. The summed E-state index contributed by atoms with van der Waals surface area (Å²) in [5, 5.41) is 4.52. The second-order valence-electron chi connectivity index (χ2n) is 11.8. The largest absolute Gasteiger partial charge is 0.489 e. The van der Waals surface area contributed by atoms with Gasteiger partial charge in [0.1, 0.15) is 22.7 Å². The fraction of sp³-hybridized carbons (Fsp3) is 0.467. The predicted molar refractivity (Wildman–Crippen MR) is 159 cm³/mol. The number of benzene rings is 2. The lowest BCUT2D eigenvalue weighted by atomic mass is 10.0. The van der Waals surface area contributed by atoms with Gasteiger partial charge in [-0.1, -0.05) is 64.1 Å². The number of carbonyl (C=O) groups excluding carboxylic acids is 1. The van der Waals surface area contributed by atoms with Gasteiger partial charge in [0.05, 0.1) is 6.54 Å². The first-order valence-electron chi connectivity index (χ1n) is 13.5. The maximum Gasteiger partial charge on any atom is 0.272 e. The van der Waals surface area contributed by atoms with Gasteiger partial charge in [-0.05, 0) is 81.6 Å². The zero-order valence-electron chi connectivity index (χ0n) is 23.4. The second-order valence-corrected chi connectivity index (χ2v) is 17.0.